The molecule has 2 heterocycles. The normalized spacial score (nSPS) is 19.0. The molecular formula is C30H34N2O3S. The molecule has 0 saturated heterocycles. The Bertz CT molecular complexity index is 1460. The number of likely N-dealkylation sites (N-methyl/N-ethyl adjacent to an activating group) is 1. The van der Waals surface area contributed by atoms with Crippen molar-refractivity contribution in [3.05, 3.63) is 89.5 Å². The van der Waals surface area contributed by atoms with E-state index in [0.717, 1.165) is 13.1 Å². The van der Waals surface area contributed by atoms with E-state index in [4.69, 9.17) is 0 Å². The van der Waals surface area contributed by atoms with Crippen LogP contribution in [0.5, 0.6) is 0 Å². The van der Waals surface area contributed by atoms with Crippen molar-refractivity contribution in [2.45, 2.75) is 38.1 Å². The molecule has 3 aromatic carbocycles. The topological polar surface area (TPSA) is 60.9 Å². The van der Waals surface area contributed by atoms with Gasteiger partial charge in [-0.25, -0.2) is 0 Å². The second kappa shape index (κ2) is 9.41. The number of benzene rings is 3. The van der Waals surface area contributed by atoms with Gasteiger partial charge in [0, 0.05) is 36.9 Å². The van der Waals surface area contributed by atoms with Crippen LogP contribution in [0.1, 0.15) is 37.8 Å². The monoisotopic (exact) mass is 502 g/mol. The van der Waals surface area contributed by atoms with E-state index in [1.54, 1.807) is 0 Å². The van der Waals surface area contributed by atoms with Gasteiger partial charge in [-0.1, -0.05) is 74.5 Å². The van der Waals surface area contributed by atoms with Crippen molar-refractivity contribution in [2.24, 2.45) is 0 Å². The van der Waals surface area contributed by atoms with Gasteiger partial charge in [-0.2, -0.15) is 8.42 Å². The number of para-hydroxylation sites is 1. The lowest BCUT2D eigenvalue weighted by molar-refractivity contribution is 0.468. The highest BCUT2D eigenvalue weighted by molar-refractivity contribution is 7.85. The first-order valence-corrected chi connectivity index (χ1v) is 14.2. The highest BCUT2D eigenvalue weighted by atomic mass is 32.2. The molecule has 0 spiro atoms. The minimum absolute atomic E-state index is 0.118. The summed E-state index contributed by atoms with van der Waals surface area (Å²) < 4.78 is 31.7. The largest absolute Gasteiger partial charge is 0.370 e. The molecule has 0 saturated carbocycles. The Labute approximate surface area is 214 Å². The molecule has 0 aromatic heterocycles. The Morgan fingerprint density at radius 1 is 1.00 bits per heavy atom. The first-order chi connectivity index (χ1) is 17.1. The number of fused-ring (bicyclic) bond motifs is 4. The number of rotatable bonds is 7. The molecule has 6 heteroatoms. The number of hydrogen-bond acceptors (Lipinski definition) is 4. The second-order valence-electron chi connectivity index (χ2n) is 10.5. The molecule has 1 N–H and O–H groups in total. The van der Waals surface area contributed by atoms with Crippen molar-refractivity contribution in [3.63, 3.8) is 0 Å². The molecule has 0 fully saturated rings. The molecular weight excluding hydrogens is 468 g/mol. The summed E-state index contributed by atoms with van der Waals surface area (Å²) in [6, 6.07) is 21.5. The van der Waals surface area contributed by atoms with Gasteiger partial charge >= 0.3 is 0 Å². The average molecular weight is 503 g/mol. The van der Waals surface area contributed by atoms with Crippen LogP contribution < -0.4 is 9.80 Å². The SMILES string of the molecule is CN1CC(C=CC2N(CCCCS(=O)(=O)O)c3ccc4ccccc4c3C2(C)C)=Cc2ccccc21. The van der Waals surface area contributed by atoms with Gasteiger partial charge in [0.15, 0.2) is 0 Å². The third kappa shape index (κ3) is 4.67. The number of unbranched alkanes of at least 4 members (excludes halogenated alkanes) is 1. The van der Waals surface area contributed by atoms with Crippen LogP contribution in [0.3, 0.4) is 0 Å². The molecule has 5 rings (SSSR count). The fraction of sp³-hybridized carbons (Fsp3) is 0.333. The van der Waals surface area contributed by atoms with Crippen LogP contribution in [0, 0.1) is 0 Å². The lowest BCUT2D eigenvalue weighted by atomic mass is 9.78. The van der Waals surface area contributed by atoms with E-state index in [1.807, 2.05) is 0 Å². The molecule has 1 atom stereocenters. The Morgan fingerprint density at radius 3 is 2.56 bits per heavy atom. The fourth-order valence-electron chi connectivity index (χ4n) is 5.91. The summed E-state index contributed by atoms with van der Waals surface area (Å²) in [6.07, 6.45) is 7.98. The van der Waals surface area contributed by atoms with Crippen LogP contribution in [0.4, 0.5) is 11.4 Å². The average Bonchev–Trinajstić information content (AvgIpc) is 3.06. The summed E-state index contributed by atoms with van der Waals surface area (Å²) in [5.74, 6) is -0.200. The quantitative estimate of drug-likeness (QED) is 0.314. The summed E-state index contributed by atoms with van der Waals surface area (Å²) in [6.45, 7) is 6.19. The molecule has 5 nitrogen and oxygen atoms in total. The minimum Gasteiger partial charge on any atom is -0.370 e. The molecule has 0 amide bonds. The van der Waals surface area contributed by atoms with Gasteiger partial charge in [0.1, 0.15) is 0 Å². The Morgan fingerprint density at radius 2 is 1.75 bits per heavy atom. The number of nitrogens with zero attached hydrogens (tertiary/aromatic N) is 2. The van der Waals surface area contributed by atoms with Gasteiger partial charge in [0.25, 0.3) is 10.1 Å². The van der Waals surface area contributed by atoms with E-state index in [0.29, 0.717) is 12.8 Å². The van der Waals surface area contributed by atoms with E-state index in [1.165, 1.54) is 38.8 Å². The maximum atomic E-state index is 11.3. The van der Waals surface area contributed by atoms with Crippen molar-refractivity contribution in [1.82, 2.24) is 0 Å². The molecule has 0 radical (unpaired) electrons. The predicted octanol–water partition coefficient (Wildman–Crippen LogP) is 6.06. The van der Waals surface area contributed by atoms with Crippen LogP contribution in [0.25, 0.3) is 16.8 Å². The smallest absolute Gasteiger partial charge is 0.264 e. The van der Waals surface area contributed by atoms with Gasteiger partial charge in [0.05, 0.1) is 11.8 Å². The van der Waals surface area contributed by atoms with Crippen LogP contribution in [0.2, 0.25) is 0 Å². The summed E-state index contributed by atoms with van der Waals surface area (Å²) in [7, 11) is -1.82. The first-order valence-electron chi connectivity index (χ1n) is 12.6. The lowest BCUT2D eigenvalue weighted by Gasteiger charge is -2.33. The molecule has 3 aromatic rings. The highest BCUT2D eigenvalue weighted by Gasteiger charge is 2.44. The van der Waals surface area contributed by atoms with Gasteiger partial charge in [-0.3, -0.25) is 4.55 Å². The lowest BCUT2D eigenvalue weighted by Crippen LogP contribution is -2.40. The zero-order valence-corrected chi connectivity index (χ0v) is 22.0. The summed E-state index contributed by atoms with van der Waals surface area (Å²) in [5.41, 5.74) is 6.14. The summed E-state index contributed by atoms with van der Waals surface area (Å²) >= 11 is 0. The van der Waals surface area contributed by atoms with Crippen LogP contribution in [0.15, 0.2) is 78.4 Å². The fourth-order valence-corrected chi connectivity index (χ4v) is 6.48. The molecule has 2 aliphatic rings. The van der Waals surface area contributed by atoms with Crippen molar-refractivity contribution in [3.8, 4) is 0 Å². The molecule has 36 heavy (non-hydrogen) atoms. The second-order valence-corrected chi connectivity index (χ2v) is 12.1. The number of anilines is 2. The van der Waals surface area contributed by atoms with Gasteiger partial charge in [0.2, 0.25) is 0 Å². The van der Waals surface area contributed by atoms with Gasteiger partial charge in [-0.15, -0.1) is 0 Å². The van der Waals surface area contributed by atoms with Gasteiger partial charge in [-0.05, 0) is 58.5 Å². The van der Waals surface area contributed by atoms with E-state index in [-0.39, 0.29) is 17.2 Å². The predicted molar refractivity (Wildman–Crippen MR) is 151 cm³/mol. The first kappa shape index (κ1) is 24.6. The maximum Gasteiger partial charge on any atom is 0.264 e. The zero-order valence-electron chi connectivity index (χ0n) is 21.2. The number of hydrogen-bond donors (Lipinski definition) is 1. The van der Waals surface area contributed by atoms with E-state index in [9.17, 15) is 13.0 Å². The zero-order chi connectivity index (χ0) is 25.5. The van der Waals surface area contributed by atoms with Crippen molar-refractivity contribution >= 4 is 38.3 Å². The Balaban J connectivity index is 1.50. The van der Waals surface area contributed by atoms with Crippen molar-refractivity contribution < 1.29 is 13.0 Å². The molecule has 0 bridgehead atoms. The maximum absolute atomic E-state index is 11.3. The Hall–Kier alpha value is -3.09. The van der Waals surface area contributed by atoms with Crippen LogP contribution in [-0.4, -0.2) is 44.9 Å². The third-order valence-electron chi connectivity index (χ3n) is 7.59. The Kier molecular flexibility index (Phi) is 6.43. The van der Waals surface area contributed by atoms with E-state index in [2.05, 4.69) is 110 Å². The van der Waals surface area contributed by atoms with Crippen molar-refractivity contribution in [1.29, 1.82) is 0 Å². The highest BCUT2D eigenvalue weighted by Crippen LogP contribution is 2.49. The molecule has 1 unspecified atom stereocenters. The van der Waals surface area contributed by atoms with Crippen LogP contribution in [-0.2, 0) is 15.5 Å². The summed E-state index contributed by atoms with van der Waals surface area (Å²) in [5, 5.41) is 2.50. The van der Waals surface area contributed by atoms with E-state index >= 15 is 0 Å². The minimum atomic E-state index is -3.94. The van der Waals surface area contributed by atoms with Crippen LogP contribution >= 0.6 is 0 Å². The molecule has 188 valence electrons. The molecule has 0 aliphatic carbocycles. The third-order valence-corrected chi connectivity index (χ3v) is 8.39. The standard InChI is InChI=1S/C30H34N2O3S/c1-30(2)28(17-14-22-20-24-11-5-7-13-26(24)31(3)21-22)32(18-8-9-19-36(33,34)35)27-16-15-23-10-4-6-12-25(23)29(27)30/h4-7,10-17,20,28H,8-9,18-19,21H2,1-3H3,(H,33,34,35). The van der Waals surface area contributed by atoms with Gasteiger partial charge < -0.3 is 9.80 Å². The van der Waals surface area contributed by atoms with Crippen molar-refractivity contribution in [2.75, 3.05) is 35.7 Å². The van der Waals surface area contributed by atoms with E-state index < -0.39 is 10.1 Å². The molecule has 2 aliphatic heterocycles. The summed E-state index contributed by atoms with van der Waals surface area (Å²) in [4.78, 5) is 4.70.